The van der Waals surface area contributed by atoms with Crippen LogP contribution in [0.15, 0.2) is 0 Å². The third kappa shape index (κ3) is 4.17. The molecule has 2 aliphatic rings. The molecule has 5 nitrogen and oxygen atoms in total. The molecule has 0 radical (unpaired) electrons. The van der Waals surface area contributed by atoms with Gasteiger partial charge in [0.05, 0.1) is 6.04 Å². The summed E-state index contributed by atoms with van der Waals surface area (Å²) in [6.45, 7) is 5.18. The summed E-state index contributed by atoms with van der Waals surface area (Å²) in [4.78, 5) is 18.9. The quantitative estimate of drug-likeness (QED) is 0.783. The van der Waals surface area contributed by atoms with E-state index in [9.17, 15) is 4.79 Å². The predicted octanol–water partition coefficient (Wildman–Crippen LogP) is 0.223. The second-order valence-electron chi connectivity index (χ2n) is 6.42. The van der Waals surface area contributed by atoms with Gasteiger partial charge in [-0.15, -0.1) is 0 Å². The van der Waals surface area contributed by atoms with Gasteiger partial charge < -0.3 is 20.0 Å². The number of carbonyl (C=O) groups excluding carboxylic acids is 1. The lowest BCUT2D eigenvalue weighted by Crippen LogP contribution is -2.47. The van der Waals surface area contributed by atoms with Crippen LogP contribution in [0.1, 0.15) is 25.7 Å². The maximum atomic E-state index is 12.2. The Morgan fingerprint density at radius 2 is 1.90 bits per heavy atom. The van der Waals surface area contributed by atoms with E-state index in [1.165, 1.54) is 25.9 Å². The number of rotatable bonds is 5. The van der Waals surface area contributed by atoms with Crippen molar-refractivity contribution >= 4 is 5.91 Å². The minimum atomic E-state index is 0.0636. The van der Waals surface area contributed by atoms with E-state index >= 15 is 0 Å². The Morgan fingerprint density at radius 1 is 1.20 bits per heavy atom. The molecule has 0 spiro atoms. The zero-order valence-electron chi connectivity index (χ0n) is 13.3. The Morgan fingerprint density at radius 3 is 2.50 bits per heavy atom. The molecule has 5 heteroatoms. The van der Waals surface area contributed by atoms with Crippen molar-refractivity contribution < 1.29 is 4.79 Å². The minimum Gasteiger partial charge on any atom is -0.343 e. The molecule has 2 rings (SSSR count). The Hall–Kier alpha value is -0.650. The van der Waals surface area contributed by atoms with Gasteiger partial charge in [0, 0.05) is 26.2 Å². The van der Waals surface area contributed by atoms with Crippen LogP contribution in [0.2, 0.25) is 0 Å². The number of amides is 1. The third-order valence-electron chi connectivity index (χ3n) is 4.83. The fourth-order valence-corrected chi connectivity index (χ4v) is 3.20. The first-order chi connectivity index (χ1) is 9.58. The van der Waals surface area contributed by atoms with Crippen LogP contribution in [0.3, 0.4) is 0 Å². The molecular formula is C15H30N4O. The number of nitrogens with one attached hydrogen (secondary N) is 1. The van der Waals surface area contributed by atoms with Crippen molar-refractivity contribution in [3.8, 4) is 0 Å². The molecule has 1 amide bonds. The predicted molar refractivity (Wildman–Crippen MR) is 81.8 cm³/mol. The molecule has 2 fully saturated rings. The summed E-state index contributed by atoms with van der Waals surface area (Å²) in [7, 11) is 6.32. The fourth-order valence-electron chi connectivity index (χ4n) is 3.20. The number of likely N-dealkylation sites (N-methyl/N-ethyl adjacent to an activating group) is 2. The highest BCUT2D eigenvalue weighted by Gasteiger charge is 2.25. The second-order valence-corrected chi connectivity index (χ2v) is 6.42. The van der Waals surface area contributed by atoms with Crippen LogP contribution in [-0.4, -0.2) is 86.6 Å². The molecule has 2 heterocycles. The topological polar surface area (TPSA) is 38.8 Å². The average molecular weight is 282 g/mol. The number of likely N-dealkylation sites (tertiary alicyclic amines) is 1. The highest BCUT2D eigenvalue weighted by atomic mass is 16.2. The fraction of sp³-hybridized carbons (Fsp3) is 0.933. The SMILES string of the molecule is CN1CCC(N(C)CCN(C)C(=O)[C@H]2CCCN2)CC1. The zero-order chi connectivity index (χ0) is 14.5. The van der Waals surface area contributed by atoms with E-state index in [-0.39, 0.29) is 11.9 Å². The number of piperidine rings is 1. The smallest absolute Gasteiger partial charge is 0.239 e. The highest BCUT2D eigenvalue weighted by Crippen LogP contribution is 2.14. The van der Waals surface area contributed by atoms with Gasteiger partial charge in [-0.3, -0.25) is 4.79 Å². The van der Waals surface area contributed by atoms with Crippen LogP contribution >= 0.6 is 0 Å². The Kier molecular flexibility index (Phi) is 5.81. The summed E-state index contributed by atoms with van der Waals surface area (Å²) in [6, 6.07) is 0.743. The molecule has 0 aromatic rings. The van der Waals surface area contributed by atoms with Crippen molar-refractivity contribution in [1.29, 1.82) is 0 Å². The standard InChI is InChI=1S/C15H30N4O/c1-17-9-6-13(7-10-17)18(2)11-12-19(3)15(20)14-5-4-8-16-14/h13-14,16H,4-12H2,1-3H3/t14-/m1/s1. The summed E-state index contributed by atoms with van der Waals surface area (Å²) in [5, 5.41) is 3.28. The molecule has 2 aliphatic heterocycles. The molecule has 0 unspecified atom stereocenters. The molecule has 1 atom stereocenters. The molecule has 0 aromatic heterocycles. The van der Waals surface area contributed by atoms with E-state index in [4.69, 9.17) is 0 Å². The maximum absolute atomic E-state index is 12.2. The van der Waals surface area contributed by atoms with Gasteiger partial charge in [-0.1, -0.05) is 0 Å². The van der Waals surface area contributed by atoms with Gasteiger partial charge in [-0.2, -0.15) is 0 Å². The molecule has 2 saturated heterocycles. The third-order valence-corrected chi connectivity index (χ3v) is 4.83. The second kappa shape index (κ2) is 7.38. The largest absolute Gasteiger partial charge is 0.343 e. The number of hydrogen-bond acceptors (Lipinski definition) is 4. The van der Waals surface area contributed by atoms with E-state index < -0.39 is 0 Å². The Balaban J connectivity index is 1.69. The normalized spacial score (nSPS) is 25.3. The van der Waals surface area contributed by atoms with Crippen LogP contribution in [0, 0.1) is 0 Å². The van der Waals surface area contributed by atoms with Crippen LogP contribution < -0.4 is 5.32 Å². The Labute approximate surface area is 123 Å². The molecule has 0 aromatic carbocycles. The highest BCUT2D eigenvalue weighted by molar-refractivity contribution is 5.81. The summed E-state index contributed by atoms with van der Waals surface area (Å²) >= 11 is 0. The van der Waals surface area contributed by atoms with E-state index in [1.54, 1.807) is 0 Å². The molecule has 20 heavy (non-hydrogen) atoms. The number of hydrogen-bond donors (Lipinski definition) is 1. The molecular weight excluding hydrogens is 252 g/mol. The van der Waals surface area contributed by atoms with Gasteiger partial charge in [0.25, 0.3) is 0 Å². The summed E-state index contributed by atoms with van der Waals surface area (Å²) in [5.41, 5.74) is 0. The van der Waals surface area contributed by atoms with E-state index in [0.717, 1.165) is 32.5 Å². The van der Waals surface area contributed by atoms with Gasteiger partial charge in [-0.25, -0.2) is 0 Å². The molecule has 0 aliphatic carbocycles. The first-order valence-electron chi connectivity index (χ1n) is 7.95. The average Bonchev–Trinajstić information content (AvgIpc) is 2.98. The van der Waals surface area contributed by atoms with E-state index in [2.05, 4.69) is 29.2 Å². The first-order valence-corrected chi connectivity index (χ1v) is 7.95. The van der Waals surface area contributed by atoms with E-state index in [0.29, 0.717) is 6.04 Å². The van der Waals surface area contributed by atoms with E-state index in [1.807, 2.05) is 11.9 Å². The van der Waals surface area contributed by atoms with Crippen molar-refractivity contribution in [3.05, 3.63) is 0 Å². The van der Waals surface area contributed by atoms with Gasteiger partial charge >= 0.3 is 0 Å². The van der Waals surface area contributed by atoms with Crippen molar-refractivity contribution in [1.82, 2.24) is 20.0 Å². The molecule has 116 valence electrons. The number of carbonyl (C=O) groups is 1. The summed E-state index contributed by atoms with van der Waals surface area (Å²) in [5.74, 6) is 0.263. The van der Waals surface area contributed by atoms with Crippen LogP contribution in [0.4, 0.5) is 0 Å². The summed E-state index contributed by atoms with van der Waals surface area (Å²) < 4.78 is 0. The zero-order valence-corrected chi connectivity index (χ0v) is 13.3. The van der Waals surface area contributed by atoms with Crippen LogP contribution in [0.5, 0.6) is 0 Å². The lowest BCUT2D eigenvalue weighted by molar-refractivity contribution is -0.132. The van der Waals surface area contributed by atoms with Crippen LogP contribution in [0.25, 0.3) is 0 Å². The molecule has 0 saturated carbocycles. The van der Waals surface area contributed by atoms with Crippen molar-refractivity contribution in [2.45, 2.75) is 37.8 Å². The van der Waals surface area contributed by atoms with Gasteiger partial charge in [-0.05, 0) is 59.4 Å². The lowest BCUT2D eigenvalue weighted by atomic mass is 10.0. The minimum absolute atomic E-state index is 0.0636. The molecule has 1 N–H and O–H groups in total. The monoisotopic (exact) mass is 282 g/mol. The summed E-state index contributed by atoms with van der Waals surface area (Å²) in [6.07, 6.45) is 4.61. The van der Waals surface area contributed by atoms with Gasteiger partial charge in [0.1, 0.15) is 0 Å². The first kappa shape index (κ1) is 15.7. The van der Waals surface area contributed by atoms with Gasteiger partial charge in [0.15, 0.2) is 0 Å². The maximum Gasteiger partial charge on any atom is 0.239 e. The lowest BCUT2D eigenvalue weighted by Gasteiger charge is -2.36. The van der Waals surface area contributed by atoms with Crippen molar-refractivity contribution in [2.24, 2.45) is 0 Å². The Bertz CT molecular complexity index is 309. The van der Waals surface area contributed by atoms with Gasteiger partial charge in [0.2, 0.25) is 5.91 Å². The van der Waals surface area contributed by atoms with Crippen LogP contribution in [-0.2, 0) is 4.79 Å². The number of nitrogens with zero attached hydrogens (tertiary/aromatic N) is 3. The van der Waals surface area contributed by atoms with Crippen molar-refractivity contribution in [2.75, 3.05) is 53.9 Å². The van der Waals surface area contributed by atoms with Crippen molar-refractivity contribution in [3.63, 3.8) is 0 Å². The molecule has 0 bridgehead atoms.